The van der Waals surface area contributed by atoms with Crippen molar-refractivity contribution in [3.05, 3.63) is 23.9 Å². The van der Waals surface area contributed by atoms with E-state index in [1.807, 2.05) is 0 Å². The summed E-state index contributed by atoms with van der Waals surface area (Å²) < 4.78 is 4.65. The Morgan fingerprint density at radius 2 is 2.17 bits per heavy atom. The van der Waals surface area contributed by atoms with Crippen molar-refractivity contribution in [2.24, 2.45) is 11.1 Å². The number of primary amides is 1. The number of nitrogens with zero attached hydrogens (tertiary/aromatic N) is 1. The molecule has 0 atom stereocenters. The van der Waals surface area contributed by atoms with E-state index < -0.39 is 17.3 Å². The molecule has 1 heterocycles. The maximum atomic E-state index is 11.5. The molecule has 6 heteroatoms. The number of anilines is 1. The van der Waals surface area contributed by atoms with Gasteiger partial charge in [0.25, 0.3) is 0 Å². The Bertz CT molecular complexity index is 458. The SMILES string of the molecule is COC(=O)c1cccnc1NCC(C)(C)C(N)=O. The number of nitrogens with one attached hydrogen (secondary N) is 1. The van der Waals surface area contributed by atoms with Crippen molar-refractivity contribution in [3.8, 4) is 0 Å². The Labute approximate surface area is 106 Å². The van der Waals surface area contributed by atoms with Crippen LogP contribution in [-0.2, 0) is 9.53 Å². The number of nitrogens with two attached hydrogens (primary N) is 1. The van der Waals surface area contributed by atoms with Crippen LogP contribution in [0.15, 0.2) is 18.3 Å². The lowest BCUT2D eigenvalue weighted by Gasteiger charge is -2.21. The predicted octanol–water partition coefficient (Wildman–Crippen LogP) is 0.792. The second-order valence-electron chi connectivity index (χ2n) is 4.49. The minimum Gasteiger partial charge on any atom is -0.465 e. The predicted molar refractivity (Wildman–Crippen MR) is 67.0 cm³/mol. The molecular weight excluding hydrogens is 234 g/mol. The molecule has 0 aromatic carbocycles. The first-order valence-electron chi connectivity index (χ1n) is 5.45. The highest BCUT2D eigenvalue weighted by atomic mass is 16.5. The van der Waals surface area contributed by atoms with Crippen LogP contribution in [0.1, 0.15) is 24.2 Å². The first-order valence-corrected chi connectivity index (χ1v) is 5.45. The largest absolute Gasteiger partial charge is 0.465 e. The lowest BCUT2D eigenvalue weighted by molar-refractivity contribution is -0.125. The third-order valence-electron chi connectivity index (χ3n) is 2.58. The van der Waals surface area contributed by atoms with E-state index in [4.69, 9.17) is 5.73 Å². The Morgan fingerprint density at radius 1 is 1.50 bits per heavy atom. The van der Waals surface area contributed by atoms with Crippen molar-refractivity contribution in [3.63, 3.8) is 0 Å². The molecule has 0 saturated carbocycles. The number of rotatable bonds is 5. The van der Waals surface area contributed by atoms with Gasteiger partial charge in [0.1, 0.15) is 11.4 Å². The summed E-state index contributed by atoms with van der Waals surface area (Å²) in [7, 11) is 1.30. The van der Waals surface area contributed by atoms with Crippen LogP contribution in [0.4, 0.5) is 5.82 Å². The van der Waals surface area contributed by atoms with Gasteiger partial charge in [-0.05, 0) is 26.0 Å². The average Bonchev–Trinajstić information content (AvgIpc) is 2.35. The van der Waals surface area contributed by atoms with Gasteiger partial charge in [-0.3, -0.25) is 4.79 Å². The molecule has 6 nitrogen and oxygen atoms in total. The molecule has 0 aliphatic carbocycles. The number of hydrogen-bond acceptors (Lipinski definition) is 5. The zero-order chi connectivity index (χ0) is 13.8. The fraction of sp³-hybridized carbons (Fsp3) is 0.417. The molecule has 0 unspecified atom stereocenters. The average molecular weight is 251 g/mol. The van der Waals surface area contributed by atoms with Crippen LogP contribution in [0.2, 0.25) is 0 Å². The van der Waals surface area contributed by atoms with E-state index in [1.165, 1.54) is 7.11 Å². The summed E-state index contributed by atoms with van der Waals surface area (Å²) in [5.74, 6) is -0.535. The number of pyridine rings is 1. The molecule has 3 N–H and O–H groups in total. The third kappa shape index (κ3) is 3.19. The molecule has 0 aliphatic rings. The number of carbonyl (C=O) groups is 2. The van der Waals surface area contributed by atoms with E-state index in [1.54, 1.807) is 32.2 Å². The van der Waals surface area contributed by atoms with Crippen molar-refractivity contribution in [1.29, 1.82) is 0 Å². The fourth-order valence-electron chi connectivity index (χ4n) is 1.21. The van der Waals surface area contributed by atoms with Crippen LogP contribution in [-0.4, -0.2) is 30.5 Å². The minimum atomic E-state index is -0.731. The Hall–Kier alpha value is -2.11. The van der Waals surface area contributed by atoms with E-state index in [0.717, 1.165) is 0 Å². The normalized spacial score (nSPS) is 10.8. The Balaban J connectivity index is 2.86. The molecule has 0 fully saturated rings. The molecule has 1 rings (SSSR count). The van der Waals surface area contributed by atoms with Crippen LogP contribution in [0.3, 0.4) is 0 Å². The van der Waals surface area contributed by atoms with Gasteiger partial charge in [-0.15, -0.1) is 0 Å². The number of amides is 1. The minimum absolute atomic E-state index is 0.281. The topological polar surface area (TPSA) is 94.3 Å². The molecule has 0 aliphatic heterocycles. The van der Waals surface area contributed by atoms with E-state index in [-0.39, 0.29) is 6.54 Å². The Morgan fingerprint density at radius 3 is 2.72 bits per heavy atom. The smallest absolute Gasteiger partial charge is 0.341 e. The van der Waals surface area contributed by atoms with Crippen molar-refractivity contribution in [1.82, 2.24) is 4.98 Å². The van der Waals surface area contributed by atoms with Crippen LogP contribution >= 0.6 is 0 Å². The zero-order valence-electron chi connectivity index (χ0n) is 10.7. The summed E-state index contributed by atoms with van der Waals surface area (Å²) in [5, 5.41) is 2.94. The molecule has 18 heavy (non-hydrogen) atoms. The molecule has 0 radical (unpaired) electrons. The van der Waals surface area contributed by atoms with Crippen LogP contribution in [0, 0.1) is 5.41 Å². The zero-order valence-corrected chi connectivity index (χ0v) is 10.7. The maximum Gasteiger partial charge on any atom is 0.341 e. The number of hydrogen-bond donors (Lipinski definition) is 2. The lowest BCUT2D eigenvalue weighted by atomic mass is 9.93. The summed E-state index contributed by atoms with van der Waals surface area (Å²) in [6, 6.07) is 3.23. The van der Waals surface area contributed by atoms with E-state index >= 15 is 0 Å². The van der Waals surface area contributed by atoms with Gasteiger partial charge in [0, 0.05) is 12.7 Å². The standard InChI is InChI=1S/C12H17N3O3/c1-12(2,11(13)17)7-15-9-8(10(16)18-3)5-4-6-14-9/h4-6H,7H2,1-3H3,(H2,13,17)(H,14,15). The molecule has 1 aromatic heterocycles. The summed E-state index contributed by atoms with van der Waals surface area (Å²) in [6.07, 6.45) is 1.55. The van der Waals surface area contributed by atoms with E-state index in [9.17, 15) is 9.59 Å². The molecule has 0 spiro atoms. The molecular formula is C12H17N3O3. The summed E-state index contributed by atoms with van der Waals surface area (Å²) >= 11 is 0. The maximum absolute atomic E-state index is 11.5. The van der Waals surface area contributed by atoms with Gasteiger partial charge in [0.15, 0.2) is 0 Å². The number of aromatic nitrogens is 1. The quantitative estimate of drug-likeness (QED) is 0.754. The van der Waals surface area contributed by atoms with Gasteiger partial charge >= 0.3 is 5.97 Å². The highest BCUT2D eigenvalue weighted by Crippen LogP contribution is 2.18. The van der Waals surface area contributed by atoms with Gasteiger partial charge in [-0.25, -0.2) is 9.78 Å². The first-order chi connectivity index (χ1) is 8.38. The second-order valence-corrected chi connectivity index (χ2v) is 4.49. The highest BCUT2D eigenvalue weighted by molar-refractivity contribution is 5.94. The van der Waals surface area contributed by atoms with Gasteiger partial charge < -0.3 is 15.8 Å². The summed E-state index contributed by atoms with van der Waals surface area (Å²) in [6.45, 7) is 3.70. The first kappa shape index (κ1) is 14.0. The number of carbonyl (C=O) groups excluding carboxylic acids is 2. The van der Waals surface area contributed by atoms with Crippen molar-refractivity contribution < 1.29 is 14.3 Å². The van der Waals surface area contributed by atoms with Gasteiger partial charge in [0.2, 0.25) is 5.91 Å². The van der Waals surface area contributed by atoms with Crippen molar-refractivity contribution >= 4 is 17.7 Å². The fourth-order valence-corrected chi connectivity index (χ4v) is 1.21. The molecule has 1 aromatic rings. The second kappa shape index (κ2) is 5.48. The monoisotopic (exact) mass is 251 g/mol. The number of esters is 1. The van der Waals surface area contributed by atoms with Gasteiger partial charge in [0.05, 0.1) is 12.5 Å². The van der Waals surface area contributed by atoms with Crippen LogP contribution < -0.4 is 11.1 Å². The van der Waals surface area contributed by atoms with Crippen molar-refractivity contribution in [2.75, 3.05) is 19.0 Å². The van der Waals surface area contributed by atoms with Crippen molar-refractivity contribution in [2.45, 2.75) is 13.8 Å². The highest BCUT2D eigenvalue weighted by Gasteiger charge is 2.25. The lowest BCUT2D eigenvalue weighted by Crippen LogP contribution is -2.37. The van der Waals surface area contributed by atoms with E-state index in [0.29, 0.717) is 11.4 Å². The molecule has 0 bridgehead atoms. The molecule has 98 valence electrons. The third-order valence-corrected chi connectivity index (χ3v) is 2.58. The Kier molecular flexibility index (Phi) is 4.25. The molecule has 0 saturated heterocycles. The van der Waals surface area contributed by atoms with Crippen LogP contribution in [0.5, 0.6) is 0 Å². The number of methoxy groups -OCH3 is 1. The molecule has 1 amide bonds. The van der Waals surface area contributed by atoms with Gasteiger partial charge in [-0.1, -0.05) is 0 Å². The summed E-state index contributed by atoms with van der Waals surface area (Å²) in [5.41, 5.74) is 4.86. The van der Waals surface area contributed by atoms with Crippen LogP contribution in [0.25, 0.3) is 0 Å². The number of ether oxygens (including phenoxy) is 1. The van der Waals surface area contributed by atoms with E-state index in [2.05, 4.69) is 15.0 Å². The summed E-state index contributed by atoms with van der Waals surface area (Å²) in [4.78, 5) is 26.7. The van der Waals surface area contributed by atoms with Gasteiger partial charge in [-0.2, -0.15) is 0 Å².